The Morgan fingerprint density at radius 3 is 3.05 bits per heavy atom. The molecule has 2 heterocycles. The third-order valence-electron chi connectivity index (χ3n) is 3.92. The lowest BCUT2D eigenvalue weighted by atomic mass is 9.89. The monoisotopic (exact) mass is 285 g/mol. The van der Waals surface area contributed by atoms with Gasteiger partial charge in [-0.15, -0.1) is 0 Å². The van der Waals surface area contributed by atoms with Crippen LogP contribution in [0.5, 0.6) is 5.75 Å². The number of fused-ring (bicyclic) bond motifs is 1. The molecule has 112 valence electrons. The van der Waals surface area contributed by atoms with Crippen molar-refractivity contribution < 1.29 is 4.74 Å². The number of rotatable bonds is 5. The van der Waals surface area contributed by atoms with Crippen molar-refractivity contribution in [3.63, 3.8) is 0 Å². The van der Waals surface area contributed by atoms with Gasteiger partial charge in [0.25, 0.3) is 0 Å². The highest BCUT2D eigenvalue weighted by molar-refractivity contribution is 5.38. The first-order valence-electron chi connectivity index (χ1n) is 7.61. The van der Waals surface area contributed by atoms with Crippen LogP contribution in [-0.2, 0) is 6.54 Å². The molecule has 1 aliphatic heterocycles. The van der Waals surface area contributed by atoms with Crippen LogP contribution >= 0.6 is 0 Å². The first-order valence-corrected chi connectivity index (χ1v) is 7.61. The van der Waals surface area contributed by atoms with Gasteiger partial charge in [-0.3, -0.25) is 0 Å². The van der Waals surface area contributed by atoms with Gasteiger partial charge in [0.2, 0.25) is 0 Å². The van der Waals surface area contributed by atoms with Crippen molar-refractivity contribution in [2.24, 2.45) is 0 Å². The Morgan fingerprint density at radius 2 is 2.24 bits per heavy atom. The number of ether oxygens (including phenoxy) is 1. The first kappa shape index (κ1) is 14.1. The Kier molecular flexibility index (Phi) is 3.97. The number of nitrogens with one attached hydrogen (secondary N) is 1. The molecule has 1 aromatic carbocycles. The van der Waals surface area contributed by atoms with Crippen LogP contribution in [0.25, 0.3) is 0 Å². The van der Waals surface area contributed by atoms with Gasteiger partial charge in [-0.2, -0.15) is 0 Å². The lowest BCUT2D eigenvalue weighted by molar-refractivity contribution is 0.0660. The van der Waals surface area contributed by atoms with Crippen LogP contribution in [0, 0.1) is 0 Å². The zero-order valence-electron chi connectivity index (χ0n) is 12.7. The minimum absolute atomic E-state index is 0.115. The van der Waals surface area contributed by atoms with Crippen molar-refractivity contribution in [1.82, 2.24) is 14.9 Å². The van der Waals surface area contributed by atoms with Crippen molar-refractivity contribution in [1.29, 1.82) is 0 Å². The topological polar surface area (TPSA) is 39.1 Å². The number of aromatic nitrogens is 2. The van der Waals surface area contributed by atoms with Gasteiger partial charge in [0, 0.05) is 37.0 Å². The maximum atomic E-state index is 6.06. The Morgan fingerprint density at radius 1 is 1.38 bits per heavy atom. The molecule has 0 bridgehead atoms. The maximum absolute atomic E-state index is 6.06. The minimum Gasteiger partial charge on any atom is -0.487 e. The molecule has 3 rings (SSSR count). The number of hydrogen-bond donors (Lipinski definition) is 1. The Hall–Kier alpha value is -1.81. The van der Waals surface area contributed by atoms with Gasteiger partial charge in [0.05, 0.1) is 6.33 Å². The van der Waals surface area contributed by atoms with E-state index in [2.05, 4.69) is 46.9 Å². The number of imidazole rings is 1. The molecule has 4 heteroatoms. The number of para-hydroxylation sites is 1. The second-order valence-corrected chi connectivity index (χ2v) is 6.26. The summed E-state index contributed by atoms with van der Waals surface area (Å²) in [4.78, 5) is 4.07. The van der Waals surface area contributed by atoms with E-state index in [0.29, 0.717) is 6.04 Å². The molecule has 0 aliphatic carbocycles. The Bertz CT molecular complexity index is 577. The van der Waals surface area contributed by atoms with Crippen molar-refractivity contribution in [3.8, 4) is 5.75 Å². The molecule has 21 heavy (non-hydrogen) atoms. The maximum Gasteiger partial charge on any atom is 0.124 e. The summed E-state index contributed by atoms with van der Waals surface area (Å²) in [6.07, 6.45) is 7.79. The van der Waals surface area contributed by atoms with Gasteiger partial charge in [-0.1, -0.05) is 18.2 Å². The summed E-state index contributed by atoms with van der Waals surface area (Å²) >= 11 is 0. The summed E-state index contributed by atoms with van der Waals surface area (Å²) < 4.78 is 8.18. The van der Waals surface area contributed by atoms with E-state index in [4.69, 9.17) is 4.74 Å². The zero-order chi connectivity index (χ0) is 14.7. The van der Waals surface area contributed by atoms with Gasteiger partial charge >= 0.3 is 0 Å². The average molecular weight is 285 g/mol. The lowest BCUT2D eigenvalue weighted by Crippen LogP contribution is -2.39. The van der Waals surface area contributed by atoms with Crippen LogP contribution in [0.3, 0.4) is 0 Å². The molecule has 2 aromatic rings. The van der Waals surface area contributed by atoms with Crippen LogP contribution in [-0.4, -0.2) is 21.7 Å². The highest BCUT2D eigenvalue weighted by Gasteiger charge is 2.32. The van der Waals surface area contributed by atoms with Crippen molar-refractivity contribution in [2.45, 2.75) is 44.9 Å². The first-order chi connectivity index (χ1) is 10.1. The predicted octanol–water partition coefficient (Wildman–Crippen LogP) is 3.17. The Balaban J connectivity index is 1.59. The molecule has 0 fully saturated rings. The van der Waals surface area contributed by atoms with Gasteiger partial charge < -0.3 is 14.6 Å². The largest absolute Gasteiger partial charge is 0.487 e. The second-order valence-electron chi connectivity index (χ2n) is 6.26. The molecule has 0 amide bonds. The van der Waals surface area contributed by atoms with Crippen molar-refractivity contribution in [2.75, 3.05) is 6.54 Å². The summed E-state index contributed by atoms with van der Waals surface area (Å²) in [5.41, 5.74) is 1.16. The quantitative estimate of drug-likeness (QED) is 0.858. The van der Waals surface area contributed by atoms with E-state index in [1.54, 1.807) is 0 Å². The molecular weight excluding hydrogens is 262 g/mol. The molecule has 0 radical (unpaired) electrons. The number of hydrogen-bond acceptors (Lipinski definition) is 3. The number of nitrogens with zero attached hydrogens (tertiary/aromatic N) is 2. The van der Waals surface area contributed by atoms with Gasteiger partial charge in [-0.05, 0) is 32.9 Å². The summed E-state index contributed by atoms with van der Waals surface area (Å²) in [6.45, 7) is 6.31. The van der Waals surface area contributed by atoms with E-state index in [1.807, 2.05) is 24.8 Å². The molecule has 0 saturated heterocycles. The fraction of sp³-hybridized carbons (Fsp3) is 0.471. The molecule has 0 saturated carbocycles. The van der Waals surface area contributed by atoms with E-state index < -0.39 is 0 Å². The van der Waals surface area contributed by atoms with Crippen molar-refractivity contribution in [3.05, 3.63) is 48.5 Å². The number of aryl methyl sites for hydroxylation is 1. The highest BCUT2D eigenvalue weighted by atomic mass is 16.5. The van der Waals surface area contributed by atoms with E-state index in [0.717, 1.165) is 31.7 Å². The lowest BCUT2D eigenvalue weighted by Gasteiger charge is -2.38. The van der Waals surface area contributed by atoms with E-state index >= 15 is 0 Å². The van der Waals surface area contributed by atoms with E-state index in [9.17, 15) is 0 Å². The van der Waals surface area contributed by atoms with Crippen LogP contribution in [0.15, 0.2) is 43.0 Å². The standard InChI is InChI=1S/C17H23N3O/c1-17(2)12-15(14-6-3-4-7-16(14)21-17)19-8-5-10-20-11-9-18-13-20/h3-4,6-7,9,11,13,15,19H,5,8,10,12H2,1-2H3. The minimum atomic E-state index is -0.115. The van der Waals surface area contributed by atoms with Crippen LogP contribution in [0.4, 0.5) is 0 Å². The molecule has 1 atom stereocenters. The summed E-state index contributed by atoms with van der Waals surface area (Å²) in [5, 5.41) is 3.68. The van der Waals surface area contributed by atoms with Crippen LogP contribution in [0.2, 0.25) is 0 Å². The molecule has 0 spiro atoms. The number of benzene rings is 1. The normalized spacial score (nSPS) is 19.8. The third-order valence-corrected chi connectivity index (χ3v) is 3.92. The van der Waals surface area contributed by atoms with E-state index in [1.165, 1.54) is 5.56 Å². The van der Waals surface area contributed by atoms with E-state index in [-0.39, 0.29) is 5.60 Å². The average Bonchev–Trinajstić information content (AvgIpc) is 2.95. The second kappa shape index (κ2) is 5.90. The fourth-order valence-electron chi connectivity index (χ4n) is 2.94. The third kappa shape index (κ3) is 3.45. The Labute approximate surface area is 126 Å². The summed E-state index contributed by atoms with van der Waals surface area (Å²) in [5.74, 6) is 1.01. The smallest absolute Gasteiger partial charge is 0.124 e. The SMILES string of the molecule is CC1(C)CC(NCCCn2ccnc2)c2ccccc2O1. The van der Waals surface area contributed by atoms with Gasteiger partial charge in [-0.25, -0.2) is 4.98 Å². The summed E-state index contributed by atoms with van der Waals surface area (Å²) in [6, 6.07) is 8.72. The van der Waals surface area contributed by atoms with Crippen molar-refractivity contribution >= 4 is 0 Å². The fourth-order valence-corrected chi connectivity index (χ4v) is 2.94. The van der Waals surface area contributed by atoms with Crippen LogP contribution in [0.1, 0.15) is 38.3 Å². The summed E-state index contributed by atoms with van der Waals surface area (Å²) in [7, 11) is 0. The molecule has 4 nitrogen and oxygen atoms in total. The molecular formula is C17H23N3O. The van der Waals surface area contributed by atoms with Crippen LogP contribution < -0.4 is 10.1 Å². The zero-order valence-corrected chi connectivity index (χ0v) is 12.7. The van der Waals surface area contributed by atoms with Gasteiger partial charge in [0.15, 0.2) is 0 Å². The molecule has 1 aliphatic rings. The predicted molar refractivity (Wildman–Crippen MR) is 83.4 cm³/mol. The molecule has 1 aromatic heterocycles. The molecule has 1 N–H and O–H groups in total. The molecule has 1 unspecified atom stereocenters. The van der Waals surface area contributed by atoms with Gasteiger partial charge in [0.1, 0.15) is 11.4 Å². The highest BCUT2D eigenvalue weighted by Crippen LogP contribution is 2.39.